The fourth-order valence-corrected chi connectivity index (χ4v) is 3.01. The molecule has 2 aromatic rings. The van der Waals surface area contributed by atoms with E-state index >= 15 is 0 Å². The lowest BCUT2D eigenvalue weighted by Crippen LogP contribution is -1.97. The molecule has 2 rings (SSSR count). The van der Waals surface area contributed by atoms with Crippen molar-refractivity contribution >= 4 is 56.4 Å². The lowest BCUT2D eigenvalue weighted by molar-refractivity contribution is 1.17. The predicted molar refractivity (Wildman–Crippen MR) is 64.3 cm³/mol. The van der Waals surface area contributed by atoms with Gasteiger partial charge in [0.2, 0.25) is 0 Å². The standard InChI is InChI=1S/C7H5BrClN3S2/c8-5-2-1-4(13-5)3-10-7-6(9)11-14-12-7/h1-2H,3H2,(H,10,12). The summed E-state index contributed by atoms with van der Waals surface area (Å²) in [6.45, 7) is 0.724. The van der Waals surface area contributed by atoms with Crippen molar-refractivity contribution in [1.82, 2.24) is 8.75 Å². The largest absolute Gasteiger partial charge is 0.362 e. The minimum Gasteiger partial charge on any atom is -0.362 e. The first kappa shape index (κ1) is 10.4. The Morgan fingerprint density at radius 2 is 2.29 bits per heavy atom. The summed E-state index contributed by atoms with van der Waals surface area (Å²) in [6.07, 6.45) is 0. The zero-order valence-corrected chi connectivity index (χ0v) is 10.8. The number of rotatable bonds is 3. The van der Waals surface area contributed by atoms with E-state index < -0.39 is 0 Å². The van der Waals surface area contributed by atoms with Crippen LogP contribution in [-0.2, 0) is 6.54 Å². The van der Waals surface area contributed by atoms with E-state index in [-0.39, 0.29) is 0 Å². The molecule has 0 saturated carbocycles. The highest BCUT2D eigenvalue weighted by Gasteiger charge is 2.04. The van der Waals surface area contributed by atoms with E-state index in [1.54, 1.807) is 11.3 Å². The Balaban J connectivity index is 1.98. The number of halogens is 2. The maximum Gasteiger partial charge on any atom is 0.186 e. The second-order valence-electron chi connectivity index (χ2n) is 2.46. The topological polar surface area (TPSA) is 37.8 Å². The van der Waals surface area contributed by atoms with E-state index in [0.29, 0.717) is 11.0 Å². The zero-order chi connectivity index (χ0) is 9.97. The van der Waals surface area contributed by atoms with Crippen molar-refractivity contribution in [3.63, 3.8) is 0 Å². The Labute approximate surface area is 103 Å². The lowest BCUT2D eigenvalue weighted by atomic mass is 10.4. The van der Waals surface area contributed by atoms with Crippen molar-refractivity contribution < 1.29 is 0 Å². The maximum absolute atomic E-state index is 5.78. The number of thiophene rings is 1. The summed E-state index contributed by atoms with van der Waals surface area (Å²) >= 11 is 12.0. The molecule has 0 spiro atoms. The molecule has 7 heteroatoms. The lowest BCUT2D eigenvalue weighted by Gasteiger charge is -1.98. The van der Waals surface area contributed by atoms with Crippen LogP contribution in [0.5, 0.6) is 0 Å². The Hall–Kier alpha value is -0.170. The average Bonchev–Trinajstić information content (AvgIpc) is 2.72. The smallest absolute Gasteiger partial charge is 0.186 e. The second kappa shape index (κ2) is 4.57. The minimum atomic E-state index is 0.436. The van der Waals surface area contributed by atoms with Gasteiger partial charge in [0.25, 0.3) is 0 Å². The van der Waals surface area contributed by atoms with E-state index in [1.165, 1.54) is 4.88 Å². The van der Waals surface area contributed by atoms with Crippen molar-refractivity contribution in [2.24, 2.45) is 0 Å². The van der Waals surface area contributed by atoms with Gasteiger partial charge >= 0.3 is 0 Å². The van der Waals surface area contributed by atoms with Crippen molar-refractivity contribution in [3.8, 4) is 0 Å². The highest BCUT2D eigenvalue weighted by Crippen LogP contribution is 2.24. The Morgan fingerprint density at radius 1 is 1.43 bits per heavy atom. The number of hydrogen-bond acceptors (Lipinski definition) is 5. The molecular weight excluding hydrogens is 306 g/mol. The molecule has 14 heavy (non-hydrogen) atoms. The van der Waals surface area contributed by atoms with Gasteiger partial charge in [0.15, 0.2) is 11.0 Å². The molecule has 0 amide bonds. The van der Waals surface area contributed by atoms with Crippen LogP contribution in [0.1, 0.15) is 4.88 Å². The third-order valence-corrected chi connectivity index (χ3v) is 4.02. The molecule has 1 N–H and O–H groups in total. The van der Waals surface area contributed by atoms with Crippen molar-refractivity contribution in [2.75, 3.05) is 5.32 Å². The molecule has 0 radical (unpaired) electrons. The van der Waals surface area contributed by atoms with E-state index in [1.807, 2.05) is 6.07 Å². The fourth-order valence-electron chi connectivity index (χ4n) is 0.901. The van der Waals surface area contributed by atoms with Crippen LogP contribution in [0.15, 0.2) is 15.9 Å². The van der Waals surface area contributed by atoms with Gasteiger partial charge in [-0.05, 0) is 28.1 Å². The van der Waals surface area contributed by atoms with Crippen LogP contribution in [0.4, 0.5) is 5.82 Å². The van der Waals surface area contributed by atoms with Gasteiger partial charge in [0, 0.05) is 4.88 Å². The normalized spacial score (nSPS) is 10.4. The summed E-state index contributed by atoms with van der Waals surface area (Å²) in [6, 6.07) is 4.07. The van der Waals surface area contributed by atoms with Crippen LogP contribution >= 0.6 is 50.6 Å². The van der Waals surface area contributed by atoms with Crippen LogP contribution in [0.3, 0.4) is 0 Å². The molecule has 3 nitrogen and oxygen atoms in total. The number of anilines is 1. The molecule has 74 valence electrons. The summed E-state index contributed by atoms with van der Waals surface area (Å²) in [5, 5.41) is 3.55. The molecule has 2 heterocycles. The SMILES string of the molecule is Clc1nsnc1NCc1ccc(Br)s1. The van der Waals surface area contributed by atoms with Gasteiger partial charge in [-0.2, -0.15) is 8.75 Å². The van der Waals surface area contributed by atoms with E-state index in [2.05, 4.69) is 36.1 Å². The molecule has 2 aromatic heterocycles. The van der Waals surface area contributed by atoms with Crippen molar-refractivity contribution in [2.45, 2.75) is 6.54 Å². The Morgan fingerprint density at radius 3 is 2.86 bits per heavy atom. The van der Waals surface area contributed by atoms with Crippen LogP contribution < -0.4 is 5.32 Å². The molecule has 0 saturated heterocycles. The first-order chi connectivity index (χ1) is 6.75. The molecule has 0 aromatic carbocycles. The van der Waals surface area contributed by atoms with E-state index in [0.717, 1.165) is 22.1 Å². The van der Waals surface area contributed by atoms with Crippen molar-refractivity contribution in [1.29, 1.82) is 0 Å². The van der Waals surface area contributed by atoms with Crippen LogP contribution in [0.25, 0.3) is 0 Å². The summed E-state index contributed by atoms with van der Waals surface area (Å²) in [5.74, 6) is 0.654. The van der Waals surface area contributed by atoms with Gasteiger partial charge in [-0.25, -0.2) is 0 Å². The Bertz CT molecular complexity index is 428. The maximum atomic E-state index is 5.78. The number of hydrogen-bond donors (Lipinski definition) is 1. The highest BCUT2D eigenvalue weighted by atomic mass is 79.9. The minimum absolute atomic E-state index is 0.436. The molecule has 0 fully saturated rings. The molecular formula is C7H5BrClN3S2. The molecule has 0 aliphatic heterocycles. The van der Waals surface area contributed by atoms with Gasteiger partial charge in [-0.3, -0.25) is 0 Å². The number of nitrogens with zero attached hydrogens (tertiary/aromatic N) is 2. The summed E-state index contributed by atoms with van der Waals surface area (Å²) < 4.78 is 9.00. The Kier molecular flexibility index (Phi) is 3.38. The van der Waals surface area contributed by atoms with Gasteiger partial charge < -0.3 is 5.32 Å². The fraction of sp³-hybridized carbons (Fsp3) is 0.143. The number of aromatic nitrogens is 2. The molecule has 0 aliphatic carbocycles. The van der Waals surface area contributed by atoms with E-state index in [4.69, 9.17) is 11.6 Å². The third-order valence-electron chi connectivity index (χ3n) is 1.51. The molecule has 0 atom stereocenters. The van der Waals surface area contributed by atoms with Crippen LogP contribution in [-0.4, -0.2) is 8.75 Å². The first-order valence-corrected chi connectivity index (χ1v) is 6.43. The molecule has 0 unspecified atom stereocenters. The second-order valence-corrected chi connectivity index (χ2v) is 5.90. The van der Waals surface area contributed by atoms with Gasteiger partial charge in [0.05, 0.1) is 22.1 Å². The summed E-state index contributed by atoms with van der Waals surface area (Å²) in [4.78, 5) is 1.22. The molecule has 0 bridgehead atoms. The van der Waals surface area contributed by atoms with Crippen LogP contribution in [0.2, 0.25) is 5.15 Å². The monoisotopic (exact) mass is 309 g/mol. The summed E-state index contributed by atoms with van der Waals surface area (Å²) in [5.41, 5.74) is 0. The van der Waals surface area contributed by atoms with Gasteiger partial charge in [-0.15, -0.1) is 11.3 Å². The molecule has 0 aliphatic rings. The number of nitrogens with one attached hydrogen (secondary N) is 1. The van der Waals surface area contributed by atoms with Gasteiger partial charge in [-0.1, -0.05) is 11.6 Å². The van der Waals surface area contributed by atoms with Gasteiger partial charge in [0.1, 0.15) is 0 Å². The quantitative estimate of drug-likeness (QED) is 0.941. The third kappa shape index (κ3) is 2.44. The average molecular weight is 311 g/mol. The first-order valence-electron chi connectivity index (χ1n) is 3.72. The van der Waals surface area contributed by atoms with Crippen LogP contribution in [0, 0.1) is 0 Å². The van der Waals surface area contributed by atoms with Crippen molar-refractivity contribution in [3.05, 3.63) is 25.9 Å². The zero-order valence-electron chi connectivity index (χ0n) is 6.83. The van der Waals surface area contributed by atoms with E-state index in [9.17, 15) is 0 Å². The summed E-state index contributed by atoms with van der Waals surface area (Å²) in [7, 11) is 0. The predicted octanol–water partition coefficient (Wildman–Crippen LogP) is 3.63. The highest BCUT2D eigenvalue weighted by molar-refractivity contribution is 9.11.